The number of benzene rings is 1. The summed E-state index contributed by atoms with van der Waals surface area (Å²) in [6, 6.07) is 8.69. The van der Waals surface area contributed by atoms with Gasteiger partial charge in [0.05, 0.1) is 5.60 Å². The number of nitrogens with one attached hydrogen (secondary N) is 1. The lowest BCUT2D eigenvalue weighted by Gasteiger charge is -2.26. The van der Waals surface area contributed by atoms with Crippen molar-refractivity contribution in [3.8, 4) is 0 Å². The molecule has 2 N–H and O–H groups in total. The van der Waals surface area contributed by atoms with Crippen LogP contribution in [0.25, 0.3) is 0 Å². The maximum atomic E-state index is 10.3. The highest BCUT2D eigenvalue weighted by atomic mass is 16.3. The van der Waals surface area contributed by atoms with Crippen molar-refractivity contribution in [1.82, 2.24) is 5.32 Å². The Bertz CT molecular complexity index is 407. The van der Waals surface area contributed by atoms with Gasteiger partial charge in [0.2, 0.25) is 0 Å². The zero-order chi connectivity index (χ0) is 13.9. The molecular formula is C17H27NO. The third-order valence-electron chi connectivity index (χ3n) is 3.74. The second kappa shape index (κ2) is 6.06. The molecule has 1 saturated carbocycles. The van der Waals surface area contributed by atoms with Crippen LogP contribution in [0.4, 0.5) is 0 Å². The molecule has 1 aliphatic rings. The van der Waals surface area contributed by atoms with Crippen LogP contribution >= 0.6 is 0 Å². The fourth-order valence-corrected chi connectivity index (χ4v) is 2.91. The van der Waals surface area contributed by atoms with Crippen molar-refractivity contribution in [3.63, 3.8) is 0 Å². The van der Waals surface area contributed by atoms with Gasteiger partial charge >= 0.3 is 0 Å². The van der Waals surface area contributed by atoms with Gasteiger partial charge in [-0.15, -0.1) is 0 Å². The molecule has 0 amide bonds. The normalized spacial score (nSPS) is 18.6. The highest BCUT2D eigenvalue weighted by molar-refractivity contribution is 5.33. The Balaban J connectivity index is 1.85. The Labute approximate surface area is 117 Å². The Morgan fingerprint density at radius 3 is 2.63 bits per heavy atom. The molecular weight excluding hydrogens is 234 g/mol. The maximum Gasteiger partial charge on any atom is 0.0746 e. The predicted molar refractivity (Wildman–Crippen MR) is 80.2 cm³/mol. The standard InChI is InChI=1S/C17H27NO/c1-13(2)10-17(3,19)12-18-11-15-6-4-5-7-16(15)14-8-9-14/h4-7,13-14,18-19H,8-12H2,1-3H3. The van der Waals surface area contributed by atoms with Crippen LogP contribution in [0.3, 0.4) is 0 Å². The predicted octanol–water partition coefficient (Wildman–Crippen LogP) is 3.45. The van der Waals surface area contributed by atoms with Crippen molar-refractivity contribution in [3.05, 3.63) is 35.4 Å². The van der Waals surface area contributed by atoms with Gasteiger partial charge in [-0.05, 0) is 49.1 Å². The molecule has 0 saturated heterocycles. The average Bonchev–Trinajstić information content (AvgIpc) is 3.11. The van der Waals surface area contributed by atoms with E-state index in [0.29, 0.717) is 12.5 Å². The molecule has 106 valence electrons. The number of hydrogen-bond donors (Lipinski definition) is 2. The summed E-state index contributed by atoms with van der Waals surface area (Å²) in [7, 11) is 0. The summed E-state index contributed by atoms with van der Waals surface area (Å²) in [6.45, 7) is 7.74. The monoisotopic (exact) mass is 261 g/mol. The molecule has 0 aromatic heterocycles. The molecule has 0 spiro atoms. The molecule has 0 bridgehead atoms. The molecule has 0 heterocycles. The highest BCUT2D eigenvalue weighted by Crippen LogP contribution is 2.41. The van der Waals surface area contributed by atoms with E-state index in [9.17, 15) is 5.11 Å². The van der Waals surface area contributed by atoms with E-state index in [2.05, 4.69) is 43.4 Å². The van der Waals surface area contributed by atoms with Crippen molar-refractivity contribution < 1.29 is 5.11 Å². The highest BCUT2D eigenvalue weighted by Gasteiger charge is 2.26. The Morgan fingerprint density at radius 2 is 2.00 bits per heavy atom. The van der Waals surface area contributed by atoms with Gasteiger partial charge in [-0.3, -0.25) is 0 Å². The van der Waals surface area contributed by atoms with Crippen LogP contribution in [-0.4, -0.2) is 17.3 Å². The topological polar surface area (TPSA) is 32.3 Å². The van der Waals surface area contributed by atoms with E-state index in [1.165, 1.54) is 24.0 Å². The number of rotatable bonds is 7. The number of hydrogen-bond acceptors (Lipinski definition) is 2. The Morgan fingerprint density at radius 1 is 1.32 bits per heavy atom. The molecule has 1 aromatic rings. The van der Waals surface area contributed by atoms with Crippen LogP contribution in [0.5, 0.6) is 0 Å². The molecule has 0 radical (unpaired) electrons. The van der Waals surface area contributed by atoms with Crippen LogP contribution < -0.4 is 5.32 Å². The first-order valence-corrected chi connectivity index (χ1v) is 7.49. The quantitative estimate of drug-likeness (QED) is 0.788. The molecule has 1 aliphatic carbocycles. The van der Waals surface area contributed by atoms with E-state index >= 15 is 0 Å². The van der Waals surface area contributed by atoms with Crippen molar-refractivity contribution in [2.75, 3.05) is 6.54 Å². The average molecular weight is 261 g/mol. The van der Waals surface area contributed by atoms with E-state index in [-0.39, 0.29) is 0 Å². The largest absolute Gasteiger partial charge is 0.389 e. The van der Waals surface area contributed by atoms with E-state index in [0.717, 1.165) is 18.9 Å². The first-order valence-electron chi connectivity index (χ1n) is 7.49. The summed E-state index contributed by atoms with van der Waals surface area (Å²) in [4.78, 5) is 0. The molecule has 1 unspecified atom stereocenters. The minimum atomic E-state index is -0.608. The minimum absolute atomic E-state index is 0.524. The van der Waals surface area contributed by atoms with Crippen LogP contribution in [0.1, 0.15) is 57.1 Å². The number of aliphatic hydroxyl groups is 1. The van der Waals surface area contributed by atoms with E-state index in [1.54, 1.807) is 0 Å². The zero-order valence-corrected chi connectivity index (χ0v) is 12.4. The molecule has 19 heavy (non-hydrogen) atoms. The van der Waals surface area contributed by atoms with Crippen LogP contribution in [0, 0.1) is 5.92 Å². The Hall–Kier alpha value is -0.860. The zero-order valence-electron chi connectivity index (χ0n) is 12.4. The minimum Gasteiger partial charge on any atom is -0.389 e. The van der Waals surface area contributed by atoms with Gasteiger partial charge in [0.25, 0.3) is 0 Å². The fraction of sp³-hybridized carbons (Fsp3) is 0.647. The van der Waals surface area contributed by atoms with Crippen LogP contribution in [0.15, 0.2) is 24.3 Å². The van der Waals surface area contributed by atoms with E-state index in [1.807, 2.05) is 6.92 Å². The maximum absolute atomic E-state index is 10.3. The summed E-state index contributed by atoms with van der Waals surface area (Å²) in [5.41, 5.74) is 2.28. The Kier molecular flexibility index (Phi) is 4.64. The summed E-state index contributed by atoms with van der Waals surface area (Å²) in [5, 5.41) is 13.7. The summed E-state index contributed by atoms with van der Waals surface area (Å²) >= 11 is 0. The third-order valence-corrected chi connectivity index (χ3v) is 3.74. The first kappa shape index (κ1) is 14.5. The molecule has 1 aromatic carbocycles. The molecule has 1 atom stereocenters. The van der Waals surface area contributed by atoms with Crippen LogP contribution in [0.2, 0.25) is 0 Å². The van der Waals surface area contributed by atoms with Gasteiger partial charge < -0.3 is 10.4 Å². The molecule has 2 rings (SSSR count). The van der Waals surface area contributed by atoms with Crippen molar-refractivity contribution in [1.29, 1.82) is 0 Å². The van der Waals surface area contributed by atoms with Gasteiger partial charge in [0.1, 0.15) is 0 Å². The molecule has 0 aliphatic heterocycles. The van der Waals surface area contributed by atoms with Gasteiger partial charge in [-0.25, -0.2) is 0 Å². The lowest BCUT2D eigenvalue weighted by atomic mass is 9.94. The van der Waals surface area contributed by atoms with Gasteiger partial charge in [-0.2, -0.15) is 0 Å². The van der Waals surface area contributed by atoms with E-state index in [4.69, 9.17) is 0 Å². The smallest absolute Gasteiger partial charge is 0.0746 e. The van der Waals surface area contributed by atoms with Crippen molar-refractivity contribution in [2.45, 2.75) is 58.1 Å². The second-order valence-electron chi connectivity index (χ2n) is 6.67. The SMILES string of the molecule is CC(C)CC(C)(O)CNCc1ccccc1C1CC1. The van der Waals surface area contributed by atoms with Gasteiger partial charge in [0.15, 0.2) is 0 Å². The third kappa shape index (κ3) is 4.63. The summed E-state index contributed by atoms with van der Waals surface area (Å²) in [6.07, 6.45) is 3.51. The fourth-order valence-electron chi connectivity index (χ4n) is 2.91. The lowest BCUT2D eigenvalue weighted by Crippen LogP contribution is -2.38. The van der Waals surface area contributed by atoms with Crippen molar-refractivity contribution >= 4 is 0 Å². The second-order valence-corrected chi connectivity index (χ2v) is 6.67. The van der Waals surface area contributed by atoms with E-state index < -0.39 is 5.60 Å². The summed E-state index contributed by atoms with van der Waals surface area (Å²) in [5.74, 6) is 1.31. The summed E-state index contributed by atoms with van der Waals surface area (Å²) < 4.78 is 0. The van der Waals surface area contributed by atoms with Crippen LogP contribution in [-0.2, 0) is 6.54 Å². The molecule has 1 fully saturated rings. The first-order chi connectivity index (χ1) is 8.98. The van der Waals surface area contributed by atoms with Gasteiger partial charge in [-0.1, -0.05) is 38.1 Å². The molecule has 2 heteroatoms. The molecule has 2 nitrogen and oxygen atoms in total. The van der Waals surface area contributed by atoms with Gasteiger partial charge in [0, 0.05) is 13.1 Å². The lowest BCUT2D eigenvalue weighted by molar-refractivity contribution is 0.0383. The van der Waals surface area contributed by atoms with Crippen molar-refractivity contribution in [2.24, 2.45) is 5.92 Å².